The molecule has 1 heterocycles. The Labute approximate surface area is 160 Å². The fourth-order valence-electron chi connectivity index (χ4n) is 2.48. The van der Waals surface area contributed by atoms with Gasteiger partial charge in [0, 0.05) is 24.1 Å². The van der Waals surface area contributed by atoms with E-state index in [-0.39, 0.29) is 11.8 Å². The summed E-state index contributed by atoms with van der Waals surface area (Å²) in [4.78, 5) is 27.6. The fourth-order valence-corrected chi connectivity index (χ4v) is 3.64. The van der Waals surface area contributed by atoms with Crippen molar-refractivity contribution in [2.24, 2.45) is 0 Å². The van der Waals surface area contributed by atoms with Crippen LogP contribution in [0.15, 0.2) is 36.4 Å². The standard InChI is InChI=1S/C19H18ClN3O2S/c1-11-3-6-14(10-15(11)20)22-18(25)8-5-13-4-7-16-17(9-13)26-19(23-16)21-12(2)24/h3-4,6-7,9-10H,5,8H2,1-2H3,(H,22,25)(H,21,23,24). The summed E-state index contributed by atoms with van der Waals surface area (Å²) < 4.78 is 0.983. The van der Waals surface area contributed by atoms with Crippen LogP contribution in [0.5, 0.6) is 0 Å². The molecule has 134 valence electrons. The van der Waals surface area contributed by atoms with Crippen LogP contribution in [-0.4, -0.2) is 16.8 Å². The highest BCUT2D eigenvalue weighted by Crippen LogP contribution is 2.27. The summed E-state index contributed by atoms with van der Waals surface area (Å²) in [5.41, 5.74) is 3.55. The van der Waals surface area contributed by atoms with Gasteiger partial charge in [-0.05, 0) is 48.7 Å². The van der Waals surface area contributed by atoms with Gasteiger partial charge < -0.3 is 10.6 Å². The molecule has 0 fully saturated rings. The lowest BCUT2D eigenvalue weighted by molar-refractivity contribution is -0.116. The average Bonchev–Trinajstić information content (AvgIpc) is 2.97. The van der Waals surface area contributed by atoms with Crippen molar-refractivity contribution >= 4 is 55.8 Å². The highest BCUT2D eigenvalue weighted by atomic mass is 35.5. The first-order valence-corrected chi connectivity index (χ1v) is 9.33. The van der Waals surface area contributed by atoms with Gasteiger partial charge in [-0.25, -0.2) is 4.98 Å². The predicted octanol–water partition coefficient (Wildman–Crippen LogP) is 4.79. The average molecular weight is 388 g/mol. The van der Waals surface area contributed by atoms with Gasteiger partial charge >= 0.3 is 0 Å². The van der Waals surface area contributed by atoms with Crippen molar-refractivity contribution in [2.75, 3.05) is 10.6 Å². The summed E-state index contributed by atoms with van der Waals surface area (Å²) in [6, 6.07) is 11.3. The molecule has 0 saturated heterocycles. The number of aryl methyl sites for hydroxylation is 2. The lowest BCUT2D eigenvalue weighted by Gasteiger charge is -2.07. The molecule has 0 saturated carbocycles. The van der Waals surface area contributed by atoms with E-state index in [1.807, 2.05) is 37.3 Å². The first kappa shape index (κ1) is 18.4. The Morgan fingerprint density at radius 3 is 2.69 bits per heavy atom. The molecule has 0 aliphatic rings. The van der Waals surface area contributed by atoms with Crippen LogP contribution in [0, 0.1) is 6.92 Å². The smallest absolute Gasteiger partial charge is 0.224 e. The summed E-state index contributed by atoms with van der Waals surface area (Å²) in [6.07, 6.45) is 0.989. The van der Waals surface area contributed by atoms with Crippen molar-refractivity contribution in [3.05, 3.63) is 52.5 Å². The van der Waals surface area contributed by atoms with Crippen molar-refractivity contribution < 1.29 is 9.59 Å². The van der Waals surface area contributed by atoms with Gasteiger partial charge in [-0.1, -0.05) is 35.1 Å². The summed E-state index contributed by atoms with van der Waals surface area (Å²) in [6.45, 7) is 3.37. The number of halogens is 1. The Balaban J connectivity index is 1.62. The molecule has 1 aromatic heterocycles. The number of aromatic nitrogens is 1. The lowest BCUT2D eigenvalue weighted by atomic mass is 10.1. The fraction of sp³-hybridized carbons (Fsp3) is 0.211. The Hall–Kier alpha value is -2.44. The van der Waals surface area contributed by atoms with E-state index in [0.717, 1.165) is 21.3 Å². The van der Waals surface area contributed by atoms with Crippen LogP contribution in [0.25, 0.3) is 10.2 Å². The van der Waals surface area contributed by atoms with Crippen LogP contribution in [0.1, 0.15) is 24.5 Å². The highest BCUT2D eigenvalue weighted by molar-refractivity contribution is 7.22. The van der Waals surface area contributed by atoms with Crippen LogP contribution < -0.4 is 10.6 Å². The zero-order valence-corrected chi connectivity index (χ0v) is 16.0. The van der Waals surface area contributed by atoms with E-state index in [2.05, 4.69) is 15.6 Å². The van der Waals surface area contributed by atoms with Gasteiger partial charge in [-0.3, -0.25) is 9.59 Å². The number of carbonyl (C=O) groups excluding carboxylic acids is 2. The molecule has 2 N–H and O–H groups in total. The molecule has 26 heavy (non-hydrogen) atoms. The zero-order valence-electron chi connectivity index (χ0n) is 14.4. The maximum absolute atomic E-state index is 12.2. The second kappa shape index (κ2) is 7.85. The molecule has 7 heteroatoms. The van der Waals surface area contributed by atoms with Gasteiger partial charge in [0.2, 0.25) is 11.8 Å². The van der Waals surface area contributed by atoms with Gasteiger partial charge in [0.25, 0.3) is 0 Å². The van der Waals surface area contributed by atoms with Crippen LogP contribution >= 0.6 is 22.9 Å². The number of nitrogens with zero attached hydrogens (tertiary/aromatic N) is 1. The molecular formula is C19H18ClN3O2S. The number of hydrogen-bond donors (Lipinski definition) is 2. The molecule has 0 radical (unpaired) electrons. The number of hydrogen-bond acceptors (Lipinski definition) is 4. The number of carbonyl (C=O) groups is 2. The number of nitrogens with one attached hydrogen (secondary N) is 2. The molecule has 0 aliphatic carbocycles. The first-order chi connectivity index (χ1) is 12.4. The number of amides is 2. The monoisotopic (exact) mass is 387 g/mol. The lowest BCUT2D eigenvalue weighted by Crippen LogP contribution is -2.12. The van der Waals surface area contributed by atoms with E-state index in [0.29, 0.717) is 28.7 Å². The SMILES string of the molecule is CC(=O)Nc1nc2ccc(CCC(=O)Nc3ccc(C)c(Cl)c3)cc2s1. The largest absolute Gasteiger partial charge is 0.326 e. The molecule has 0 aliphatic heterocycles. The molecule has 3 aromatic rings. The van der Waals surface area contributed by atoms with E-state index in [4.69, 9.17) is 11.6 Å². The summed E-state index contributed by atoms with van der Waals surface area (Å²) in [7, 11) is 0. The Bertz CT molecular complexity index is 984. The third-order valence-electron chi connectivity index (χ3n) is 3.83. The Morgan fingerprint density at radius 1 is 1.15 bits per heavy atom. The summed E-state index contributed by atoms with van der Waals surface area (Å²) >= 11 is 7.50. The number of rotatable bonds is 5. The van der Waals surface area contributed by atoms with E-state index >= 15 is 0 Å². The van der Waals surface area contributed by atoms with Crippen LogP contribution in [-0.2, 0) is 16.0 Å². The molecule has 3 rings (SSSR count). The zero-order chi connectivity index (χ0) is 18.7. The molecule has 2 amide bonds. The quantitative estimate of drug-likeness (QED) is 0.661. The van der Waals surface area contributed by atoms with Crippen molar-refractivity contribution in [3.63, 3.8) is 0 Å². The summed E-state index contributed by atoms with van der Waals surface area (Å²) in [5.74, 6) is -0.203. The van der Waals surface area contributed by atoms with Gasteiger partial charge in [0.15, 0.2) is 5.13 Å². The van der Waals surface area contributed by atoms with Crippen LogP contribution in [0.3, 0.4) is 0 Å². The maximum Gasteiger partial charge on any atom is 0.224 e. The van der Waals surface area contributed by atoms with Crippen molar-refractivity contribution in [3.8, 4) is 0 Å². The van der Waals surface area contributed by atoms with Gasteiger partial charge in [-0.2, -0.15) is 0 Å². The van der Waals surface area contributed by atoms with E-state index < -0.39 is 0 Å². The van der Waals surface area contributed by atoms with Crippen molar-refractivity contribution in [1.82, 2.24) is 4.98 Å². The van der Waals surface area contributed by atoms with E-state index in [9.17, 15) is 9.59 Å². The van der Waals surface area contributed by atoms with Crippen molar-refractivity contribution in [2.45, 2.75) is 26.7 Å². The van der Waals surface area contributed by atoms with Gasteiger partial charge in [0.1, 0.15) is 0 Å². The third kappa shape index (κ3) is 4.59. The Morgan fingerprint density at radius 2 is 1.96 bits per heavy atom. The number of fused-ring (bicyclic) bond motifs is 1. The molecule has 0 bridgehead atoms. The maximum atomic E-state index is 12.2. The second-order valence-electron chi connectivity index (χ2n) is 6.01. The number of benzene rings is 2. The first-order valence-electron chi connectivity index (χ1n) is 8.14. The minimum Gasteiger partial charge on any atom is -0.326 e. The second-order valence-corrected chi connectivity index (χ2v) is 7.45. The van der Waals surface area contributed by atoms with E-state index in [1.54, 1.807) is 6.07 Å². The molecule has 5 nitrogen and oxygen atoms in total. The van der Waals surface area contributed by atoms with Gasteiger partial charge in [-0.15, -0.1) is 0 Å². The molecule has 0 atom stereocenters. The van der Waals surface area contributed by atoms with Crippen LogP contribution in [0.4, 0.5) is 10.8 Å². The van der Waals surface area contributed by atoms with Gasteiger partial charge in [0.05, 0.1) is 10.2 Å². The molecule has 2 aromatic carbocycles. The topological polar surface area (TPSA) is 71.1 Å². The Kier molecular flexibility index (Phi) is 5.54. The van der Waals surface area contributed by atoms with E-state index in [1.165, 1.54) is 18.3 Å². The molecular weight excluding hydrogens is 370 g/mol. The van der Waals surface area contributed by atoms with Crippen molar-refractivity contribution in [1.29, 1.82) is 0 Å². The molecule has 0 spiro atoms. The summed E-state index contributed by atoms with van der Waals surface area (Å²) in [5, 5.41) is 6.77. The highest BCUT2D eigenvalue weighted by Gasteiger charge is 2.08. The normalized spacial score (nSPS) is 10.7. The minimum absolute atomic E-state index is 0.0618. The molecule has 0 unspecified atom stereocenters. The third-order valence-corrected chi connectivity index (χ3v) is 5.17. The van der Waals surface area contributed by atoms with Crippen LogP contribution in [0.2, 0.25) is 5.02 Å². The number of thiazole rings is 1. The predicted molar refractivity (Wildman–Crippen MR) is 107 cm³/mol. The number of anilines is 2. The minimum atomic E-state index is -0.142.